The Morgan fingerprint density at radius 2 is 2.27 bits per heavy atom. The molecule has 1 atom stereocenters. The van der Waals surface area contributed by atoms with Gasteiger partial charge in [0.05, 0.1) is 6.61 Å². The summed E-state index contributed by atoms with van der Waals surface area (Å²) >= 11 is 0. The van der Waals surface area contributed by atoms with Crippen molar-refractivity contribution in [1.82, 2.24) is 4.98 Å². The lowest BCUT2D eigenvalue weighted by Crippen LogP contribution is -2.24. The number of rotatable bonds is 5. The Bertz CT molecular complexity index is 301. The molecule has 0 saturated carbocycles. The van der Waals surface area contributed by atoms with E-state index in [-0.39, 0.29) is 6.61 Å². The van der Waals surface area contributed by atoms with E-state index in [9.17, 15) is 5.11 Å². The van der Waals surface area contributed by atoms with Gasteiger partial charge < -0.3 is 10.0 Å². The van der Waals surface area contributed by atoms with Crippen LogP contribution in [0.5, 0.6) is 0 Å². The fourth-order valence-electron chi connectivity index (χ4n) is 1.61. The Hall–Kier alpha value is -1.09. The summed E-state index contributed by atoms with van der Waals surface area (Å²) in [4.78, 5) is 6.19. The van der Waals surface area contributed by atoms with Crippen LogP contribution in [0.25, 0.3) is 0 Å². The Kier molecular flexibility index (Phi) is 4.56. The van der Waals surface area contributed by atoms with Crippen LogP contribution in [0.4, 0.5) is 5.69 Å². The molecule has 0 amide bonds. The van der Waals surface area contributed by atoms with E-state index < -0.39 is 0 Å². The number of nitrogens with zero attached hydrogens (tertiary/aromatic N) is 2. The maximum atomic E-state index is 9.19. The second-order valence-corrected chi connectivity index (χ2v) is 4.06. The van der Waals surface area contributed by atoms with Crippen LogP contribution in [-0.2, 0) is 6.61 Å². The average Bonchev–Trinajstić information content (AvgIpc) is 2.28. The van der Waals surface area contributed by atoms with Crippen LogP contribution in [0.15, 0.2) is 18.5 Å². The first-order valence-corrected chi connectivity index (χ1v) is 5.43. The molecule has 1 N–H and O–H groups in total. The second kappa shape index (κ2) is 5.71. The van der Waals surface area contributed by atoms with Gasteiger partial charge in [0.15, 0.2) is 0 Å². The molecule has 3 heteroatoms. The molecule has 1 heterocycles. The van der Waals surface area contributed by atoms with E-state index in [1.807, 2.05) is 6.07 Å². The molecule has 0 fully saturated rings. The summed E-state index contributed by atoms with van der Waals surface area (Å²) in [6, 6.07) is 1.95. The molecule has 1 unspecified atom stereocenters. The van der Waals surface area contributed by atoms with Crippen LogP contribution in [0.3, 0.4) is 0 Å². The van der Waals surface area contributed by atoms with Crippen molar-refractivity contribution in [3.05, 3.63) is 24.0 Å². The van der Waals surface area contributed by atoms with E-state index in [0.717, 1.165) is 17.8 Å². The molecule has 0 saturated heterocycles. The van der Waals surface area contributed by atoms with E-state index in [1.54, 1.807) is 12.4 Å². The van der Waals surface area contributed by atoms with Crippen LogP contribution in [0, 0.1) is 5.92 Å². The third-order valence-electron chi connectivity index (χ3n) is 2.74. The van der Waals surface area contributed by atoms with Gasteiger partial charge in [0.2, 0.25) is 0 Å². The van der Waals surface area contributed by atoms with Crippen molar-refractivity contribution < 1.29 is 5.11 Å². The summed E-state index contributed by atoms with van der Waals surface area (Å²) in [6.45, 7) is 5.48. The van der Waals surface area contributed by atoms with E-state index >= 15 is 0 Å². The maximum Gasteiger partial charge on any atom is 0.0717 e. The van der Waals surface area contributed by atoms with Crippen LogP contribution < -0.4 is 4.90 Å². The molecule has 15 heavy (non-hydrogen) atoms. The lowest BCUT2D eigenvalue weighted by molar-refractivity contribution is 0.281. The molecule has 3 nitrogen and oxygen atoms in total. The summed E-state index contributed by atoms with van der Waals surface area (Å²) < 4.78 is 0. The zero-order valence-electron chi connectivity index (χ0n) is 9.77. The van der Waals surface area contributed by atoms with E-state index in [1.165, 1.54) is 6.42 Å². The Morgan fingerprint density at radius 3 is 2.87 bits per heavy atom. The number of pyridine rings is 1. The van der Waals surface area contributed by atoms with E-state index in [2.05, 4.69) is 30.8 Å². The largest absolute Gasteiger partial charge is 0.392 e. The average molecular weight is 208 g/mol. The molecule has 0 spiro atoms. The Balaban J connectivity index is 2.76. The molecule has 0 aliphatic carbocycles. The van der Waals surface area contributed by atoms with Crippen molar-refractivity contribution in [2.45, 2.75) is 26.9 Å². The Labute approximate surface area is 91.8 Å². The molecular weight excluding hydrogens is 188 g/mol. The minimum Gasteiger partial charge on any atom is -0.392 e. The summed E-state index contributed by atoms with van der Waals surface area (Å²) in [6.07, 6.45) is 4.66. The van der Waals surface area contributed by atoms with Gasteiger partial charge in [0.1, 0.15) is 0 Å². The predicted molar refractivity (Wildman–Crippen MR) is 62.9 cm³/mol. The second-order valence-electron chi connectivity index (χ2n) is 4.06. The molecule has 0 aliphatic heterocycles. The standard InChI is InChI=1S/C12H20N2O/c1-4-10(2)8-14(3)12-5-6-13-7-11(12)9-15/h5-7,10,15H,4,8-9H2,1-3H3. The van der Waals surface area contributed by atoms with Crippen molar-refractivity contribution in [3.63, 3.8) is 0 Å². The molecule has 0 aliphatic rings. The van der Waals surface area contributed by atoms with E-state index in [4.69, 9.17) is 0 Å². The van der Waals surface area contributed by atoms with Crippen molar-refractivity contribution in [2.24, 2.45) is 5.92 Å². The quantitative estimate of drug-likeness (QED) is 0.804. The number of hydrogen-bond donors (Lipinski definition) is 1. The zero-order chi connectivity index (χ0) is 11.3. The molecular formula is C12H20N2O. The van der Waals surface area contributed by atoms with Gasteiger partial charge in [0, 0.05) is 37.2 Å². The fourth-order valence-corrected chi connectivity index (χ4v) is 1.61. The minimum absolute atomic E-state index is 0.0496. The highest BCUT2D eigenvalue weighted by Crippen LogP contribution is 2.19. The highest BCUT2D eigenvalue weighted by atomic mass is 16.3. The van der Waals surface area contributed by atoms with Gasteiger partial charge in [-0.15, -0.1) is 0 Å². The van der Waals surface area contributed by atoms with Gasteiger partial charge in [-0.25, -0.2) is 0 Å². The van der Waals surface area contributed by atoms with Gasteiger partial charge in [-0.2, -0.15) is 0 Å². The van der Waals surface area contributed by atoms with Crippen LogP contribution in [0.2, 0.25) is 0 Å². The highest BCUT2D eigenvalue weighted by Gasteiger charge is 2.09. The molecule has 0 radical (unpaired) electrons. The molecule has 0 aromatic carbocycles. The van der Waals surface area contributed by atoms with Gasteiger partial charge >= 0.3 is 0 Å². The van der Waals surface area contributed by atoms with Crippen molar-refractivity contribution in [2.75, 3.05) is 18.5 Å². The normalized spacial score (nSPS) is 12.5. The monoisotopic (exact) mass is 208 g/mol. The van der Waals surface area contributed by atoms with Crippen molar-refractivity contribution in [3.8, 4) is 0 Å². The molecule has 1 aromatic heterocycles. The van der Waals surface area contributed by atoms with Crippen LogP contribution >= 0.6 is 0 Å². The molecule has 1 rings (SSSR count). The number of anilines is 1. The minimum atomic E-state index is 0.0496. The van der Waals surface area contributed by atoms with Gasteiger partial charge in [-0.1, -0.05) is 20.3 Å². The summed E-state index contributed by atoms with van der Waals surface area (Å²) in [5.74, 6) is 0.662. The number of aliphatic hydroxyl groups excluding tert-OH is 1. The van der Waals surface area contributed by atoms with E-state index in [0.29, 0.717) is 5.92 Å². The predicted octanol–water partition coefficient (Wildman–Crippen LogP) is 2.06. The number of aromatic nitrogens is 1. The summed E-state index contributed by atoms with van der Waals surface area (Å²) in [5.41, 5.74) is 1.97. The summed E-state index contributed by atoms with van der Waals surface area (Å²) in [7, 11) is 2.06. The summed E-state index contributed by atoms with van der Waals surface area (Å²) in [5, 5.41) is 9.19. The van der Waals surface area contributed by atoms with Crippen molar-refractivity contribution in [1.29, 1.82) is 0 Å². The topological polar surface area (TPSA) is 36.4 Å². The zero-order valence-corrected chi connectivity index (χ0v) is 9.77. The number of hydrogen-bond acceptors (Lipinski definition) is 3. The molecule has 1 aromatic rings. The fraction of sp³-hybridized carbons (Fsp3) is 0.583. The van der Waals surface area contributed by atoms with Gasteiger partial charge in [0.25, 0.3) is 0 Å². The SMILES string of the molecule is CCC(C)CN(C)c1ccncc1CO. The third-order valence-corrected chi connectivity index (χ3v) is 2.74. The first-order chi connectivity index (χ1) is 7.19. The lowest BCUT2D eigenvalue weighted by atomic mass is 10.1. The lowest BCUT2D eigenvalue weighted by Gasteiger charge is -2.24. The smallest absolute Gasteiger partial charge is 0.0717 e. The molecule has 84 valence electrons. The van der Waals surface area contributed by atoms with Gasteiger partial charge in [-0.3, -0.25) is 4.98 Å². The van der Waals surface area contributed by atoms with Crippen LogP contribution in [0.1, 0.15) is 25.8 Å². The maximum absolute atomic E-state index is 9.19. The molecule has 0 bridgehead atoms. The van der Waals surface area contributed by atoms with Crippen molar-refractivity contribution >= 4 is 5.69 Å². The Morgan fingerprint density at radius 1 is 1.53 bits per heavy atom. The van der Waals surface area contributed by atoms with Crippen LogP contribution in [-0.4, -0.2) is 23.7 Å². The number of aliphatic hydroxyl groups is 1. The highest BCUT2D eigenvalue weighted by molar-refractivity contribution is 5.51. The third kappa shape index (κ3) is 3.20. The first-order valence-electron chi connectivity index (χ1n) is 5.43. The van der Waals surface area contributed by atoms with Gasteiger partial charge in [-0.05, 0) is 12.0 Å². The first kappa shape index (κ1) is 12.0.